The average molecular weight is 362 g/mol. The SMILES string of the molecule is CCCCCCCC(OI)c1ccc(OC)cc1. The predicted molar refractivity (Wildman–Crippen MR) is 84.2 cm³/mol. The van der Waals surface area contributed by atoms with Crippen molar-refractivity contribution in [3.63, 3.8) is 0 Å². The molecule has 0 saturated heterocycles. The van der Waals surface area contributed by atoms with Crippen LogP contribution in [0.25, 0.3) is 0 Å². The van der Waals surface area contributed by atoms with Crippen molar-refractivity contribution in [2.45, 2.75) is 51.6 Å². The van der Waals surface area contributed by atoms with Gasteiger partial charge in [-0.3, -0.25) is 0 Å². The first-order chi connectivity index (χ1) is 8.81. The van der Waals surface area contributed by atoms with E-state index in [1.165, 1.54) is 37.7 Å². The highest BCUT2D eigenvalue weighted by molar-refractivity contribution is 14.1. The fraction of sp³-hybridized carbons (Fsp3) is 0.600. The van der Waals surface area contributed by atoms with Crippen molar-refractivity contribution in [2.75, 3.05) is 7.11 Å². The molecule has 0 bridgehead atoms. The van der Waals surface area contributed by atoms with Crippen LogP contribution in [0.3, 0.4) is 0 Å². The van der Waals surface area contributed by atoms with Crippen LogP contribution in [0.4, 0.5) is 0 Å². The van der Waals surface area contributed by atoms with E-state index in [0.717, 1.165) is 12.2 Å². The number of benzene rings is 1. The molecule has 0 aliphatic heterocycles. The topological polar surface area (TPSA) is 18.5 Å². The van der Waals surface area contributed by atoms with Gasteiger partial charge in [0.1, 0.15) is 28.8 Å². The monoisotopic (exact) mass is 362 g/mol. The minimum atomic E-state index is 0.207. The molecule has 102 valence electrons. The van der Waals surface area contributed by atoms with E-state index in [4.69, 9.17) is 7.80 Å². The highest BCUT2D eigenvalue weighted by Gasteiger charge is 2.10. The highest BCUT2D eigenvalue weighted by atomic mass is 127. The Kier molecular flexibility index (Phi) is 8.42. The van der Waals surface area contributed by atoms with Crippen molar-refractivity contribution in [3.05, 3.63) is 29.8 Å². The van der Waals surface area contributed by atoms with Crippen LogP contribution in [0, 0.1) is 0 Å². The lowest BCUT2D eigenvalue weighted by Gasteiger charge is -2.14. The van der Waals surface area contributed by atoms with Crippen molar-refractivity contribution in [2.24, 2.45) is 0 Å². The Morgan fingerprint density at radius 3 is 2.28 bits per heavy atom. The zero-order chi connectivity index (χ0) is 13.2. The first-order valence-corrected chi connectivity index (χ1v) is 7.61. The maximum atomic E-state index is 5.55. The molecular weight excluding hydrogens is 339 g/mol. The molecule has 1 rings (SSSR count). The number of halogens is 1. The summed E-state index contributed by atoms with van der Waals surface area (Å²) in [6.07, 6.45) is 7.83. The van der Waals surface area contributed by atoms with Crippen molar-refractivity contribution in [1.29, 1.82) is 0 Å². The summed E-state index contributed by atoms with van der Waals surface area (Å²) in [5.41, 5.74) is 1.24. The zero-order valence-corrected chi connectivity index (χ0v) is 13.5. The minimum absolute atomic E-state index is 0.207. The normalized spacial score (nSPS) is 12.4. The second kappa shape index (κ2) is 9.62. The van der Waals surface area contributed by atoms with E-state index in [1.54, 1.807) is 7.11 Å². The standard InChI is InChI=1S/C15H23IO2/c1-3-4-5-6-7-8-15(18-16)13-9-11-14(17-2)12-10-13/h9-12,15H,3-8H2,1-2H3. The van der Waals surface area contributed by atoms with E-state index in [-0.39, 0.29) is 6.10 Å². The Morgan fingerprint density at radius 2 is 1.72 bits per heavy atom. The van der Waals surface area contributed by atoms with Gasteiger partial charge in [-0.2, -0.15) is 0 Å². The molecule has 0 N–H and O–H groups in total. The van der Waals surface area contributed by atoms with Gasteiger partial charge in [-0.15, -0.1) is 0 Å². The van der Waals surface area contributed by atoms with Gasteiger partial charge in [0.15, 0.2) is 0 Å². The van der Waals surface area contributed by atoms with Gasteiger partial charge in [0, 0.05) is 0 Å². The fourth-order valence-electron chi connectivity index (χ4n) is 2.01. The molecule has 0 amide bonds. The van der Waals surface area contributed by atoms with E-state index in [9.17, 15) is 0 Å². The Labute approximate surface area is 125 Å². The summed E-state index contributed by atoms with van der Waals surface area (Å²) in [6, 6.07) is 8.17. The molecule has 0 aliphatic carbocycles. The maximum absolute atomic E-state index is 5.55. The number of rotatable bonds is 9. The fourth-order valence-corrected chi connectivity index (χ4v) is 2.56. The molecule has 1 aromatic carbocycles. The lowest BCUT2D eigenvalue weighted by Crippen LogP contribution is -1.98. The molecule has 0 radical (unpaired) electrons. The molecule has 0 fully saturated rings. The van der Waals surface area contributed by atoms with Crippen LogP contribution in [0.1, 0.15) is 57.1 Å². The third-order valence-electron chi connectivity index (χ3n) is 3.16. The third kappa shape index (κ3) is 5.57. The zero-order valence-electron chi connectivity index (χ0n) is 11.3. The summed E-state index contributed by atoms with van der Waals surface area (Å²) in [6.45, 7) is 2.24. The van der Waals surface area contributed by atoms with Crippen LogP contribution >= 0.6 is 23.0 Å². The van der Waals surface area contributed by atoms with Crippen LogP contribution in [0.5, 0.6) is 5.75 Å². The van der Waals surface area contributed by atoms with Crippen LogP contribution in [0.2, 0.25) is 0 Å². The second-order valence-electron chi connectivity index (χ2n) is 4.55. The number of methoxy groups -OCH3 is 1. The number of ether oxygens (including phenoxy) is 1. The van der Waals surface area contributed by atoms with Crippen molar-refractivity contribution in [1.82, 2.24) is 0 Å². The number of unbranched alkanes of at least 4 members (excludes halogenated alkanes) is 4. The first kappa shape index (κ1) is 15.8. The number of hydrogen-bond acceptors (Lipinski definition) is 2. The van der Waals surface area contributed by atoms with Crippen LogP contribution < -0.4 is 4.74 Å². The van der Waals surface area contributed by atoms with Gasteiger partial charge in [-0.1, -0.05) is 51.2 Å². The minimum Gasteiger partial charge on any atom is -0.497 e. The molecule has 1 unspecified atom stereocenters. The summed E-state index contributed by atoms with van der Waals surface area (Å²) in [5, 5.41) is 0. The number of hydrogen-bond donors (Lipinski definition) is 0. The molecule has 3 heteroatoms. The Bertz CT molecular complexity index is 311. The van der Waals surface area contributed by atoms with Gasteiger partial charge in [0.25, 0.3) is 0 Å². The lowest BCUT2D eigenvalue weighted by molar-refractivity contribution is 0.266. The Morgan fingerprint density at radius 1 is 1.06 bits per heavy atom. The summed E-state index contributed by atoms with van der Waals surface area (Å²) in [5.74, 6) is 0.897. The molecule has 0 heterocycles. The smallest absolute Gasteiger partial charge is 0.118 e. The van der Waals surface area contributed by atoms with E-state index in [0.29, 0.717) is 0 Å². The van der Waals surface area contributed by atoms with Gasteiger partial charge in [-0.05, 0) is 24.1 Å². The summed E-state index contributed by atoms with van der Waals surface area (Å²) in [4.78, 5) is 0. The average Bonchev–Trinajstić information content (AvgIpc) is 2.43. The van der Waals surface area contributed by atoms with Gasteiger partial charge >= 0.3 is 0 Å². The molecule has 0 aliphatic rings. The Balaban J connectivity index is 2.39. The van der Waals surface area contributed by atoms with Gasteiger partial charge in [0.2, 0.25) is 0 Å². The highest BCUT2D eigenvalue weighted by Crippen LogP contribution is 2.27. The van der Waals surface area contributed by atoms with Crippen LogP contribution in [0.15, 0.2) is 24.3 Å². The van der Waals surface area contributed by atoms with E-state index < -0.39 is 0 Å². The van der Waals surface area contributed by atoms with Crippen molar-refractivity contribution in [3.8, 4) is 5.75 Å². The van der Waals surface area contributed by atoms with E-state index in [2.05, 4.69) is 19.1 Å². The van der Waals surface area contributed by atoms with Crippen molar-refractivity contribution < 1.29 is 7.80 Å². The maximum Gasteiger partial charge on any atom is 0.118 e. The molecule has 18 heavy (non-hydrogen) atoms. The summed E-state index contributed by atoms with van der Waals surface area (Å²) < 4.78 is 10.7. The molecule has 0 aromatic heterocycles. The molecule has 1 aromatic rings. The summed E-state index contributed by atoms with van der Waals surface area (Å²) >= 11 is 2.01. The predicted octanol–water partition coefficient (Wildman–Crippen LogP) is 5.46. The van der Waals surface area contributed by atoms with Gasteiger partial charge < -0.3 is 7.80 Å². The third-order valence-corrected chi connectivity index (χ3v) is 3.78. The van der Waals surface area contributed by atoms with Gasteiger partial charge in [0.05, 0.1) is 13.2 Å². The molecule has 0 saturated carbocycles. The Hall–Kier alpha value is -0.290. The lowest BCUT2D eigenvalue weighted by atomic mass is 10.0. The molecule has 1 atom stereocenters. The quantitative estimate of drug-likeness (QED) is 0.429. The first-order valence-electron chi connectivity index (χ1n) is 6.73. The second-order valence-corrected chi connectivity index (χ2v) is 5.06. The van der Waals surface area contributed by atoms with Crippen LogP contribution in [-0.4, -0.2) is 7.11 Å². The molecular formula is C15H23IO2. The molecule has 2 nitrogen and oxygen atoms in total. The van der Waals surface area contributed by atoms with E-state index in [1.807, 2.05) is 35.1 Å². The molecule has 0 spiro atoms. The summed E-state index contributed by atoms with van der Waals surface area (Å²) in [7, 11) is 1.69. The van der Waals surface area contributed by atoms with E-state index >= 15 is 0 Å². The largest absolute Gasteiger partial charge is 0.497 e. The van der Waals surface area contributed by atoms with Crippen molar-refractivity contribution >= 4 is 23.0 Å². The van der Waals surface area contributed by atoms with Crippen LogP contribution in [-0.2, 0) is 3.07 Å². The van der Waals surface area contributed by atoms with Gasteiger partial charge in [-0.25, -0.2) is 0 Å².